The maximum absolute atomic E-state index is 14.7. The molecule has 0 fully saturated rings. The smallest absolute Gasteiger partial charge is 0.298 e. The van der Waals surface area contributed by atoms with E-state index in [9.17, 15) is 23.6 Å². The van der Waals surface area contributed by atoms with Gasteiger partial charge in [0.2, 0.25) is 0 Å². The van der Waals surface area contributed by atoms with Crippen LogP contribution in [0, 0.1) is 11.3 Å². The quantitative estimate of drug-likeness (QED) is 0.341. The number of carbonyl (C=O) groups is 2. The molecule has 8 nitrogen and oxygen atoms in total. The molecule has 0 aliphatic carbocycles. The standard InChI is InChI=1S/C26H19F2N5O3/c1-36-22-12-7-16(13-17(22)14-29)24(34)32-21-15-30-33-23(21)25(35)31-20-10-8-19(9-11-20)26(27,28)18-5-3-2-4-6-18/h2-13,15H,1H3,(H,30,33)(H,31,35)(H,32,34). The number of nitrogens with one attached hydrogen (secondary N) is 3. The Labute approximate surface area is 204 Å². The number of benzene rings is 3. The highest BCUT2D eigenvalue weighted by atomic mass is 19.3. The molecule has 0 unspecified atom stereocenters. The van der Waals surface area contributed by atoms with Crippen molar-refractivity contribution in [3.63, 3.8) is 0 Å². The van der Waals surface area contributed by atoms with E-state index in [0.717, 1.165) is 0 Å². The summed E-state index contributed by atoms with van der Waals surface area (Å²) in [6, 6.07) is 18.9. The molecule has 0 saturated heterocycles. The van der Waals surface area contributed by atoms with Crippen molar-refractivity contribution < 1.29 is 23.1 Å². The molecule has 3 N–H and O–H groups in total. The molecule has 10 heteroatoms. The minimum Gasteiger partial charge on any atom is -0.495 e. The summed E-state index contributed by atoms with van der Waals surface area (Å²) >= 11 is 0. The van der Waals surface area contributed by atoms with Gasteiger partial charge in [0.25, 0.3) is 17.7 Å². The maximum Gasteiger partial charge on any atom is 0.298 e. The summed E-state index contributed by atoms with van der Waals surface area (Å²) in [6.45, 7) is 0. The second-order valence-electron chi connectivity index (χ2n) is 7.61. The fraction of sp³-hybridized carbons (Fsp3) is 0.0769. The molecule has 0 aliphatic heterocycles. The highest BCUT2D eigenvalue weighted by Gasteiger charge is 2.33. The summed E-state index contributed by atoms with van der Waals surface area (Å²) in [5.41, 5.74) is 0.311. The van der Waals surface area contributed by atoms with Crippen molar-refractivity contribution >= 4 is 23.2 Å². The summed E-state index contributed by atoms with van der Waals surface area (Å²) in [5, 5.41) is 20.7. The Morgan fingerprint density at radius 3 is 2.33 bits per heavy atom. The lowest BCUT2D eigenvalue weighted by molar-refractivity contribution is 0.0428. The lowest BCUT2D eigenvalue weighted by Gasteiger charge is -2.17. The molecule has 36 heavy (non-hydrogen) atoms. The van der Waals surface area contributed by atoms with Gasteiger partial charge in [0.05, 0.1) is 24.6 Å². The van der Waals surface area contributed by atoms with Crippen molar-refractivity contribution in [2.75, 3.05) is 17.7 Å². The first-order chi connectivity index (χ1) is 17.3. The van der Waals surface area contributed by atoms with Gasteiger partial charge in [-0.25, -0.2) is 0 Å². The Kier molecular flexibility index (Phi) is 6.74. The molecule has 180 valence electrons. The number of aromatic amines is 1. The number of carbonyl (C=O) groups excluding carboxylic acids is 2. The number of rotatable bonds is 7. The number of nitrogens with zero attached hydrogens (tertiary/aromatic N) is 2. The topological polar surface area (TPSA) is 120 Å². The van der Waals surface area contributed by atoms with Gasteiger partial charge in [-0.05, 0) is 30.3 Å². The van der Waals surface area contributed by atoms with Crippen molar-refractivity contribution in [1.29, 1.82) is 5.26 Å². The van der Waals surface area contributed by atoms with Crippen LogP contribution in [0.25, 0.3) is 0 Å². The van der Waals surface area contributed by atoms with Crippen LogP contribution in [0.4, 0.5) is 20.2 Å². The van der Waals surface area contributed by atoms with Crippen LogP contribution >= 0.6 is 0 Å². The van der Waals surface area contributed by atoms with E-state index in [1.807, 2.05) is 6.07 Å². The molecule has 4 aromatic rings. The SMILES string of the molecule is COc1ccc(C(=O)Nc2cn[nH]c2C(=O)Nc2ccc(C(F)(F)c3ccccc3)cc2)cc1C#N. The first-order valence-corrected chi connectivity index (χ1v) is 10.6. The van der Waals surface area contributed by atoms with E-state index in [1.54, 1.807) is 6.07 Å². The lowest BCUT2D eigenvalue weighted by Crippen LogP contribution is -2.18. The minimum absolute atomic E-state index is 0.0453. The van der Waals surface area contributed by atoms with Crippen LogP contribution in [0.3, 0.4) is 0 Å². The van der Waals surface area contributed by atoms with Crippen molar-refractivity contribution in [3.05, 3.63) is 107 Å². The van der Waals surface area contributed by atoms with E-state index in [0.29, 0.717) is 5.75 Å². The summed E-state index contributed by atoms with van der Waals surface area (Å²) in [4.78, 5) is 25.4. The monoisotopic (exact) mass is 487 g/mol. The first kappa shape index (κ1) is 24.1. The Bertz CT molecular complexity index is 1440. The molecule has 2 amide bonds. The number of nitriles is 1. The van der Waals surface area contributed by atoms with Gasteiger partial charge in [-0.1, -0.05) is 42.5 Å². The molecule has 0 bridgehead atoms. The molecular weight excluding hydrogens is 468 g/mol. The highest BCUT2D eigenvalue weighted by Crippen LogP contribution is 2.35. The molecule has 0 saturated carbocycles. The van der Waals surface area contributed by atoms with Gasteiger partial charge >= 0.3 is 0 Å². The van der Waals surface area contributed by atoms with Crippen LogP contribution in [0.1, 0.15) is 37.5 Å². The molecule has 0 aliphatic rings. The van der Waals surface area contributed by atoms with Gasteiger partial charge in [-0.3, -0.25) is 14.7 Å². The number of hydrogen-bond acceptors (Lipinski definition) is 5. The molecule has 3 aromatic carbocycles. The van der Waals surface area contributed by atoms with Crippen LogP contribution < -0.4 is 15.4 Å². The minimum atomic E-state index is -3.20. The summed E-state index contributed by atoms with van der Waals surface area (Å²) in [5.74, 6) is -4.09. The zero-order chi connectivity index (χ0) is 25.7. The van der Waals surface area contributed by atoms with E-state index in [2.05, 4.69) is 20.8 Å². The fourth-order valence-electron chi connectivity index (χ4n) is 3.46. The Hall–Kier alpha value is -5.04. The Morgan fingerprint density at radius 1 is 0.972 bits per heavy atom. The third-order valence-electron chi connectivity index (χ3n) is 5.34. The van der Waals surface area contributed by atoms with E-state index in [-0.39, 0.29) is 39.3 Å². The second-order valence-corrected chi connectivity index (χ2v) is 7.61. The van der Waals surface area contributed by atoms with Gasteiger partial charge in [-0.2, -0.15) is 19.1 Å². The average molecular weight is 487 g/mol. The molecule has 0 spiro atoms. The normalized spacial score (nSPS) is 10.8. The first-order valence-electron chi connectivity index (χ1n) is 10.6. The van der Waals surface area contributed by atoms with Crippen molar-refractivity contribution in [3.8, 4) is 11.8 Å². The fourth-order valence-corrected chi connectivity index (χ4v) is 3.46. The Morgan fingerprint density at radius 2 is 1.67 bits per heavy atom. The van der Waals surface area contributed by atoms with Gasteiger partial charge in [0.15, 0.2) is 0 Å². The van der Waals surface area contributed by atoms with Crippen LogP contribution in [-0.4, -0.2) is 29.1 Å². The average Bonchev–Trinajstić information content (AvgIpc) is 3.37. The third kappa shape index (κ3) is 4.90. The van der Waals surface area contributed by atoms with E-state index < -0.39 is 17.7 Å². The molecule has 1 aromatic heterocycles. The number of ether oxygens (including phenoxy) is 1. The number of anilines is 2. The third-order valence-corrected chi connectivity index (χ3v) is 5.34. The number of alkyl halides is 2. The highest BCUT2D eigenvalue weighted by molar-refractivity contribution is 6.11. The van der Waals surface area contributed by atoms with Crippen molar-refractivity contribution in [2.45, 2.75) is 5.92 Å². The molecule has 1 heterocycles. The number of hydrogen-bond donors (Lipinski definition) is 3. The molecule has 0 radical (unpaired) electrons. The van der Waals surface area contributed by atoms with Crippen LogP contribution in [0.15, 0.2) is 79.0 Å². The van der Waals surface area contributed by atoms with Crippen LogP contribution in [0.2, 0.25) is 0 Å². The number of halogens is 2. The van der Waals surface area contributed by atoms with Crippen LogP contribution in [0.5, 0.6) is 5.75 Å². The number of methoxy groups -OCH3 is 1. The van der Waals surface area contributed by atoms with Gasteiger partial charge in [0.1, 0.15) is 17.5 Å². The zero-order valence-corrected chi connectivity index (χ0v) is 18.9. The number of amides is 2. The number of H-pyrrole nitrogens is 1. The maximum atomic E-state index is 14.7. The Balaban J connectivity index is 1.46. The predicted molar refractivity (Wildman–Crippen MR) is 128 cm³/mol. The van der Waals surface area contributed by atoms with E-state index in [4.69, 9.17) is 4.74 Å². The van der Waals surface area contributed by atoms with Crippen LogP contribution in [-0.2, 0) is 5.92 Å². The van der Waals surface area contributed by atoms with Gasteiger partial charge < -0.3 is 15.4 Å². The zero-order valence-electron chi connectivity index (χ0n) is 18.9. The number of aromatic nitrogens is 2. The molecule has 0 atom stereocenters. The van der Waals surface area contributed by atoms with Crippen molar-refractivity contribution in [1.82, 2.24) is 10.2 Å². The van der Waals surface area contributed by atoms with Gasteiger partial charge in [-0.15, -0.1) is 0 Å². The lowest BCUT2D eigenvalue weighted by atomic mass is 10.0. The van der Waals surface area contributed by atoms with E-state index in [1.165, 1.54) is 80.0 Å². The predicted octanol–water partition coefficient (Wildman–Crippen LogP) is 4.93. The van der Waals surface area contributed by atoms with E-state index >= 15 is 0 Å². The largest absolute Gasteiger partial charge is 0.495 e. The summed E-state index contributed by atoms with van der Waals surface area (Å²) < 4.78 is 34.6. The molecule has 4 rings (SSSR count). The summed E-state index contributed by atoms with van der Waals surface area (Å²) in [7, 11) is 1.41. The second kappa shape index (κ2) is 10.1. The van der Waals surface area contributed by atoms with Crippen molar-refractivity contribution in [2.24, 2.45) is 0 Å². The van der Waals surface area contributed by atoms with Gasteiger partial charge in [0, 0.05) is 22.4 Å². The summed E-state index contributed by atoms with van der Waals surface area (Å²) in [6.07, 6.45) is 1.26. The molecular formula is C26H19F2N5O3.